The standard InChI is InChI=1S/C17H22N2O3/c1-17(2,3)22-16(21)18-10-9-13-14(18)15(20)19(13)11-12-7-5-4-6-8-12/h4-8,13-14H,9-11H2,1-3H3. The van der Waals surface area contributed by atoms with Gasteiger partial charge in [-0.25, -0.2) is 4.79 Å². The number of carbonyl (C=O) groups is 2. The average Bonchev–Trinajstić information content (AvgIpc) is 2.84. The fourth-order valence-corrected chi connectivity index (χ4v) is 3.15. The minimum atomic E-state index is -0.536. The summed E-state index contributed by atoms with van der Waals surface area (Å²) in [5.74, 6) is 0.0252. The fraction of sp³-hybridized carbons (Fsp3) is 0.529. The third kappa shape index (κ3) is 2.67. The van der Waals surface area contributed by atoms with Crippen molar-refractivity contribution < 1.29 is 14.3 Å². The fourth-order valence-electron chi connectivity index (χ4n) is 3.15. The van der Waals surface area contributed by atoms with E-state index in [9.17, 15) is 9.59 Å². The Hall–Kier alpha value is -2.04. The maximum atomic E-state index is 12.4. The Labute approximate surface area is 130 Å². The number of β-lactam (4-membered cyclic amide) rings is 1. The number of ether oxygens (including phenoxy) is 1. The predicted molar refractivity (Wildman–Crippen MR) is 82.1 cm³/mol. The van der Waals surface area contributed by atoms with Gasteiger partial charge in [0.15, 0.2) is 0 Å². The third-order valence-corrected chi connectivity index (χ3v) is 4.13. The highest BCUT2D eigenvalue weighted by atomic mass is 16.6. The number of hydrogen-bond acceptors (Lipinski definition) is 3. The number of hydrogen-bond donors (Lipinski definition) is 0. The zero-order valence-corrected chi connectivity index (χ0v) is 13.3. The smallest absolute Gasteiger partial charge is 0.411 e. The number of amides is 2. The molecule has 2 heterocycles. The first-order valence-electron chi connectivity index (χ1n) is 7.71. The second-order valence-electron chi connectivity index (χ2n) is 6.93. The molecule has 2 amide bonds. The molecule has 0 aliphatic carbocycles. The Balaban J connectivity index is 1.65. The quantitative estimate of drug-likeness (QED) is 0.788. The highest BCUT2D eigenvalue weighted by Gasteiger charge is 2.56. The van der Waals surface area contributed by atoms with E-state index in [2.05, 4.69) is 0 Å². The van der Waals surface area contributed by atoms with Crippen molar-refractivity contribution in [1.29, 1.82) is 0 Å². The number of carbonyl (C=O) groups excluding carboxylic acids is 2. The minimum Gasteiger partial charge on any atom is -0.444 e. The molecule has 0 saturated carbocycles. The molecule has 1 aromatic rings. The molecule has 5 heteroatoms. The Morgan fingerprint density at radius 1 is 1.27 bits per heavy atom. The Bertz CT molecular complexity index is 579. The molecule has 2 unspecified atom stereocenters. The van der Waals surface area contributed by atoms with Crippen molar-refractivity contribution in [2.24, 2.45) is 0 Å². The lowest BCUT2D eigenvalue weighted by Gasteiger charge is -2.45. The van der Waals surface area contributed by atoms with E-state index in [0.717, 1.165) is 12.0 Å². The van der Waals surface area contributed by atoms with E-state index in [0.29, 0.717) is 13.1 Å². The SMILES string of the molecule is CC(C)(C)OC(=O)N1CCC2C1C(=O)N2Cc1ccccc1. The summed E-state index contributed by atoms with van der Waals surface area (Å²) in [6.07, 6.45) is 0.440. The number of rotatable bonds is 2. The van der Waals surface area contributed by atoms with Crippen LogP contribution in [0.1, 0.15) is 32.8 Å². The van der Waals surface area contributed by atoms with Gasteiger partial charge in [0.1, 0.15) is 11.6 Å². The predicted octanol–water partition coefficient (Wildman–Crippen LogP) is 2.41. The normalized spacial score (nSPS) is 24.0. The summed E-state index contributed by atoms with van der Waals surface area (Å²) in [4.78, 5) is 28.0. The van der Waals surface area contributed by atoms with Gasteiger partial charge < -0.3 is 9.64 Å². The Morgan fingerprint density at radius 3 is 2.59 bits per heavy atom. The highest BCUT2D eigenvalue weighted by Crippen LogP contribution is 2.35. The molecule has 1 aromatic carbocycles. The molecular formula is C17H22N2O3. The second-order valence-corrected chi connectivity index (χ2v) is 6.93. The van der Waals surface area contributed by atoms with Gasteiger partial charge >= 0.3 is 6.09 Å². The van der Waals surface area contributed by atoms with Crippen LogP contribution in [0, 0.1) is 0 Å². The lowest BCUT2D eigenvalue weighted by molar-refractivity contribution is -0.154. The van der Waals surface area contributed by atoms with Crippen molar-refractivity contribution >= 4 is 12.0 Å². The number of nitrogens with zero attached hydrogens (tertiary/aromatic N) is 2. The molecule has 0 bridgehead atoms. The van der Waals surface area contributed by atoms with Crippen molar-refractivity contribution in [2.75, 3.05) is 6.54 Å². The lowest BCUT2D eigenvalue weighted by Crippen LogP contribution is -2.66. The first-order chi connectivity index (χ1) is 10.4. The van der Waals surface area contributed by atoms with E-state index in [1.165, 1.54) is 0 Å². The molecule has 2 atom stereocenters. The number of fused-ring (bicyclic) bond motifs is 1. The zero-order chi connectivity index (χ0) is 15.9. The lowest BCUT2D eigenvalue weighted by atomic mass is 9.95. The molecule has 22 heavy (non-hydrogen) atoms. The third-order valence-electron chi connectivity index (χ3n) is 4.13. The van der Waals surface area contributed by atoms with Crippen LogP contribution in [0.15, 0.2) is 30.3 Å². The van der Waals surface area contributed by atoms with Gasteiger partial charge in [-0.05, 0) is 32.8 Å². The van der Waals surface area contributed by atoms with E-state index in [-0.39, 0.29) is 24.1 Å². The van der Waals surface area contributed by atoms with Gasteiger partial charge in [0, 0.05) is 13.1 Å². The summed E-state index contributed by atoms with van der Waals surface area (Å²) >= 11 is 0. The van der Waals surface area contributed by atoms with Crippen LogP contribution in [0.2, 0.25) is 0 Å². The van der Waals surface area contributed by atoms with Gasteiger partial charge in [0.25, 0.3) is 0 Å². The van der Waals surface area contributed by atoms with Crippen LogP contribution < -0.4 is 0 Å². The van der Waals surface area contributed by atoms with Gasteiger partial charge in [0.05, 0.1) is 6.04 Å². The van der Waals surface area contributed by atoms with E-state index in [1.807, 2.05) is 56.0 Å². The molecule has 3 rings (SSSR count). The van der Waals surface area contributed by atoms with E-state index >= 15 is 0 Å². The number of benzene rings is 1. The molecule has 118 valence electrons. The van der Waals surface area contributed by atoms with Crippen LogP contribution in [0.4, 0.5) is 4.79 Å². The van der Waals surface area contributed by atoms with Crippen molar-refractivity contribution in [2.45, 2.75) is 51.4 Å². The van der Waals surface area contributed by atoms with Gasteiger partial charge in [-0.2, -0.15) is 0 Å². The molecule has 2 saturated heterocycles. The Morgan fingerprint density at radius 2 is 1.95 bits per heavy atom. The van der Waals surface area contributed by atoms with Crippen molar-refractivity contribution in [3.05, 3.63) is 35.9 Å². The Kier molecular flexibility index (Phi) is 3.59. The van der Waals surface area contributed by atoms with Crippen LogP contribution in [-0.4, -0.2) is 46.0 Å². The van der Waals surface area contributed by atoms with Crippen LogP contribution in [0.3, 0.4) is 0 Å². The molecule has 2 aliphatic rings. The summed E-state index contributed by atoms with van der Waals surface area (Å²) in [6.45, 7) is 6.71. The summed E-state index contributed by atoms with van der Waals surface area (Å²) in [6, 6.07) is 9.72. The molecule has 0 spiro atoms. The van der Waals surface area contributed by atoms with Crippen molar-refractivity contribution in [3.63, 3.8) is 0 Å². The largest absolute Gasteiger partial charge is 0.444 e. The van der Waals surface area contributed by atoms with Crippen LogP contribution in [-0.2, 0) is 16.1 Å². The van der Waals surface area contributed by atoms with Crippen molar-refractivity contribution in [1.82, 2.24) is 9.80 Å². The summed E-state index contributed by atoms with van der Waals surface area (Å²) in [5.41, 5.74) is 0.580. The van der Waals surface area contributed by atoms with Crippen LogP contribution in [0.25, 0.3) is 0 Å². The first kappa shape index (κ1) is 14.9. The minimum absolute atomic E-state index is 0.0252. The molecule has 2 aliphatic heterocycles. The molecule has 0 N–H and O–H groups in total. The van der Waals surface area contributed by atoms with Gasteiger partial charge in [-0.15, -0.1) is 0 Å². The van der Waals surface area contributed by atoms with Gasteiger partial charge in [-0.1, -0.05) is 30.3 Å². The molecule has 0 radical (unpaired) electrons. The maximum Gasteiger partial charge on any atom is 0.411 e. The monoisotopic (exact) mass is 302 g/mol. The number of likely N-dealkylation sites (tertiary alicyclic amines) is 2. The van der Waals surface area contributed by atoms with E-state index in [4.69, 9.17) is 4.74 Å². The second kappa shape index (κ2) is 5.30. The first-order valence-corrected chi connectivity index (χ1v) is 7.71. The highest BCUT2D eigenvalue weighted by molar-refractivity contribution is 5.93. The molecule has 0 aromatic heterocycles. The van der Waals surface area contributed by atoms with Crippen LogP contribution >= 0.6 is 0 Å². The molecule has 5 nitrogen and oxygen atoms in total. The van der Waals surface area contributed by atoms with Gasteiger partial charge in [-0.3, -0.25) is 9.69 Å². The van der Waals surface area contributed by atoms with E-state index < -0.39 is 5.60 Å². The summed E-state index contributed by atoms with van der Waals surface area (Å²) in [5, 5.41) is 0. The average molecular weight is 302 g/mol. The zero-order valence-electron chi connectivity index (χ0n) is 13.3. The molecular weight excluding hydrogens is 280 g/mol. The van der Waals surface area contributed by atoms with Crippen LogP contribution in [0.5, 0.6) is 0 Å². The summed E-state index contributed by atoms with van der Waals surface area (Å²) < 4.78 is 5.39. The van der Waals surface area contributed by atoms with Gasteiger partial charge in [0.2, 0.25) is 5.91 Å². The summed E-state index contributed by atoms with van der Waals surface area (Å²) in [7, 11) is 0. The molecule has 2 fully saturated rings. The van der Waals surface area contributed by atoms with Crippen molar-refractivity contribution in [3.8, 4) is 0 Å². The topological polar surface area (TPSA) is 49.9 Å². The van der Waals surface area contributed by atoms with E-state index in [1.54, 1.807) is 4.90 Å². The maximum absolute atomic E-state index is 12.4.